The molecular formula is C17H23N3O5S. The zero-order valence-electron chi connectivity index (χ0n) is 14.7. The van der Waals surface area contributed by atoms with Gasteiger partial charge in [-0.15, -0.1) is 0 Å². The molecule has 0 bridgehead atoms. The second-order valence-electron chi connectivity index (χ2n) is 6.43. The molecule has 0 atom stereocenters. The molecule has 2 aliphatic rings. The van der Waals surface area contributed by atoms with E-state index >= 15 is 0 Å². The summed E-state index contributed by atoms with van der Waals surface area (Å²) >= 11 is 0. The number of hydrogen-bond donors (Lipinski definition) is 1. The lowest BCUT2D eigenvalue weighted by Gasteiger charge is -2.36. The number of benzene rings is 1. The highest BCUT2D eigenvalue weighted by molar-refractivity contribution is 7.89. The maximum absolute atomic E-state index is 12.8. The molecule has 0 unspecified atom stereocenters. The lowest BCUT2D eigenvalue weighted by atomic mass is 9.88. The number of imide groups is 1. The van der Waals surface area contributed by atoms with Crippen molar-refractivity contribution in [3.05, 3.63) is 30.3 Å². The summed E-state index contributed by atoms with van der Waals surface area (Å²) in [6, 6.07) is 8.72. The van der Waals surface area contributed by atoms with Gasteiger partial charge in [-0.3, -0.25) is 9.69 Å². The van der Waals surface area contributed by atoms with Crippen molar-refractivity contribution in [2.45, 2.75) is 25.3 Å². The predicted octanol–water partition coefficient (Wildman–Crippen LogP) is 0.801. The average molecular weight is 381 g/mol. The third kappa shape index (κ3) is 3.54. The molecule has 9 heteroatoms. The average Bonchev–Trinajstić information content (AvgIpc) is 2.87. The van der Waals surface area contributed by atoms with Gasteiger partial charge in [0.15, 0.2) is 0 Å². The lowest BCUT2D eigenvalue weighted by molar-refractivity contribution is -0.132. The van der Waals surface area contributed by atoms with Crippen LogP contribution in [0.3, 0.4) is 0 Å². The minimum absolute atomic E-state index is 0.0310. The molecule has 3 amide bonds. The van der Waals surface area contributed by atoms with E-state index in [0.29, 0.717) is 5.75 Å². The maximum atomic E-state index is 12.8. The smallest absolute Gasteiger partial charge is 0.325 e. The molecule has 1 aromatic rings. The number of amides is 3. The van der Waals surface area contributed by atoms with E-state index in [0.717, 1.165) is 4.90 Å². The van der Waals surface area contributed by atoms with Crippen LogP contribution in [-0.2, 0) is 14.8 Å². The molecular weight excluding hydrogens is 358 g/mol. The number of urea groups is 1. The highest BCUT2D eigenvalue weighted by Gasteiger charge is 2.53. The van der Waals surface area contributed by atoms with Gasteiger partial charge in [0.2, 0.25) is 10.0 Å². The molecule has 2 heterocycles. The molecule has 1 aromatic carbocycles. The zero-order chi connectivity index (χ0) is 18.8. The maximum Gasteiger partial charge on any atom is 0.325 e. The van der Waals surface area contributed by atoms with Crippen molar-refractivity contribution in [1.29, 1.82) is 0 Å². The highest BCUT2D eigenvalue weighted by Crippen LogP contribution is 2.30. The van der Waals surface area contributed by atoms with Crippen LogP contribution >= 0.6 is 0 Å². The molecule has 142 valence electrons. The van der Waals surface area contributed by atoms with Crippen LogP contribution in [0, 0.1) is 0 Å². The normalized spacial score (nSPS) is 20.4. The van der Waals surface area contributed by atoms with E-state index < -0.39 is 21.6 Å². The Bertz CT molecular complexity index is 773. The summed E-state index contributed by atoms with van der Waals surface area (Å²) in [5, 5.41) is 2.77. The second-order valence-corrected chi connectivity index (χ2v) is 8.69. The summed E-state index contributed by atoms with van der Waals surface area (Å²) in [6.45, 7) is 2.41. The van der Waals surface area contributed by atoms with Gasteiger partial charge in [0.25, 0.3) is 5.91 Å². The number of hydrogen-bond acceptors (Lipinski definition) is 5. The molecule has 2 aliphatic heterocycles. The van der Waals surface area contributed by atoms with E-state index in [-0.39, 0.29) is 50.7 Å². The minimum atomic E-state index is -3.28. The first kappa shape index (κ1) is 18.7. The minimum Gasteiger partial charge on any atom is -0.492 e. The van der Waals surface area contributed by atoms with Gasteiger partial charge in [-0.25, -0.2) is 17.5 Å². The number of sulfonamides is 1. The number of ether oxygens (including phenoxy) is 1. The molecule has 0 aliphatic carbocycles. The van der Waals surface area contributed by atoms with Crippen molar-refractivity contribution in [2.75, 3.05) is 32.0 Å². The van der Waals surface area contributed by atoms with Crippen molar-refractivity contribution in [1.82, 2.24) is 14.5 Å². The number of nitrogens with one attached hydrogen (secondary N) is 1. The Labute approximate surface area is 153 Å². The third-order valence-electron chi connectivity index (χ3n) is 4.91. The Morgan fingerprint density at radius 2 is 1.81 bits per heavy atom. The van der Waals surface area contributed by atoms with Crippen LogP contribution < -0.4 is 10.1 Å². The molecule has 0 radical (unpaired) electrons. The number of para-hydroxylation sites is 1. The first-order valence-corrected chi connectivity index (χ1v) is 10.3. The summed E-state index contributed by atoms with van der Waals surface area (Å²) in [5.41, 5.74) is -0.996. The zero-order valence-corrected chi connectivity index (χ0v) is 15.5. The lowest BCUT2D eigenvalue weighted by Crippen LogP contribution is -2.56. The van der Waals surface area contributed by atoms with Crippen molar-refractivity contribution >= 4 is 22.0 Å². The Morgan fingerprint density at radius 1 is 1.15 bits per heavy atom. The highest BCUT2D eigenvalue weighted by atomic mass is 32.2. The van der Waals surface area contributed by atoms with Gasteiger partial charge in [-0.1, -0.05) is 18.2 Å². The SMILES string of the molecule is CCS(=O)(=O)N1CCC2(CC1)NC(=O)N(CCOc1ccccc1)C2=O. The van der Waals surface area contributed by atoms with E-state index in [1.165, 1.54) is 4.31 Å². The number of nitrogens with zero attached hydrogens (tertiary/aromatic N) is 2. The van der Waals surface area contributed by atoms with E-state index in [1.807, 2.05) is 18.2 Å². The molecule has 2 fully saturated rings. The van der Waals surface area contributed by atoms with Crippen molar-refractivity contribution in [3.63, 3.8) is 0 Å². The van der Waals surface area contributed by atoms with Crippen LogP contribution in [0.5, 0.6) is 5.75 Å². The molecule has 2 saturated heterocycles. The number of piperidine rings is 1. The van der Waals surface area contributed by atoms with E-state index in [2.05, 4.69) is 5.32 Å². The van der Waals surface area contributed by atoms with Crippen LogP contribution in [0.2, 0.25) is 0 Å². The van der Waals surface area contributed by atoms with Gasteiger partial charge in [0, 0.05) is 13.1 Å². The molecule has 0 saturated carbocycles. The second kappa shape index (κ2) is 7.24. The first-order chi connectivity index (χ1) is 12.4. The fraction of sp³-hybridized carbons (Fsp3) is 0.529. The fourth-order valence-electron chi connectivity index (χ4n) is 3.32. The van der Waals surface area contributed by atoms with Crippen LogP contribution in [0.4, 0.5) is 4.79 Å². The number of rotatable bonds is 6. The largest absolute Gasteiger partial charge is 0.492 e. The van der Waals surface area contributed by atoms with Gasteiger partial charge in [0.1, 0.15) is 17.9 Å². The van der Waals surface area contributed by atoms with Crippen LogP contribution in [0.15, 0.2) is 30.3 Å². The quantitative estimate of drug-likeness (QED) is 0.736. The van der Waals surface area contributed by atoms with Crippen LogP contribution in [-0.4, -0.2) is 67.1 Å². The summed E-state index contributed by atoms with van der Waals surface area (Å²) in [4.78, 5) is 26.2. The fourth-order valence-corrected chi connectivity index (χ4v) is 4.42. The summed E-state index contributed by atoms with van der Waals surface area (Å²) < 4.78 is 30.9. The van der Waals surface area contributed by atoms with Gasteiger partial charge in [-0.05, 0) is 31.9 Å². The van der Waals surface area contributed by atoms with Gasteiger partial charge in [-0.2, -0.15) is 0 Å². The molecule has 0 aromatic heterocycles. The van der Waals surface area contributed by atoms with E-state index in [4.69, 9.17) is 4.74 Å². The van der Waals surface area contributed by atoms with Crippen LogP contribution in [0.1, 0.15) is 19.8 Å². The monoisotopic (exact) mass is 381 g/mol. The molecule has 3 rings (SSSR count). The van der Waals surface area contributed by atoms with Crippen molar-refractivity contribution in [3.8, 4) is 5.75 Å². The molecule has 26 heavy (non-hydrogen) atoms. The number of carbonyl (C=O) groups excluding carboxylic acids is 2. The van der Waals surface area contributed by atoms with Crippen LogP contribution in [0.25, 0.3) is 0 Å². The standard InChI is InChI=1S/C17H23N3O5S/c1-2-26(23,24)19-10-8-17(9-11-19)15(21)20(16(22)18-17)12-13-25-14-6-4-3-5-7-14/h3-7H,2,8-13H2,1H3,(H,18,22). The van der Waals surface area contributed by atoms with Gasteiger partial charge in [0.05, 0.1) is 12.3 Å². The third-order valence-corrected chi connectivity index (χ3v) is 6.79. The summed E-state index contributed by atoms with van der Waals surface area (Å²) in [7, 11) is -3.28. The molecule has 1 N–H and O–H groups in total. The number of carbonyl (C=O) groups is 2. The van der Waals surface area contributed by atoms with Crippen molar-refractivity contribution < 1.29 is 22.7 Å². The van der Waals surface area contributed by atoms with Gasteiger partial charge >= 0.3 is 6.03 Å². The Hall–Kier alpha value is -2.13. The topological polar surface area (TPSA) is 96.0 Å². The molecule has 1 spiro atoms. The van der Waals surface area contributed by atoms with Gasteiger partial charge < -0.3 is 10.1 Å². The Balaban J connectivity index is 1.59. The Morgan fingerprint density at radius 3 is 2.42 bits per heavy atom. The summed E-state index contributed by atoms with van der Waals surface area (Å²) in [5.74, 6) is 0.406. The first-order valence-electron chi connectivity index (χ1n) is 8.68. The predicted molar refractivity (Wildman–Crippen MR) is 95.2 cm³/mol. The Kier molecular flexibility index (Phi) is 5.19. The van der Waals surface area contributed by atoms with E-state index in [9.17, 15) is 18.0 Å². The molecule has 8 nitrogen and oxygen atoms in total. The van der Waals surface area contributed by atoms with E-state index in [1.54, 1.807) is 19.1 Å². The summed E-state index contributed by atoms with van der Waals surface area (Å²) in [6.07, 6.45) is 0.569. The van der Waals surface area contributed by atoms with Crippen molar-refractivity contribution in [2.24, 2.45) is 0 Å².